The van der Waals surface area contributed by atoms with Crippen LogP contribution in [0.2, 0.25) is 0 Å². The summed E-state index contributed by atoms with van der Waals surface area (Å²) in [4.78, 5) is 16.4. The third-order valence-corrected chi connectivity index (χ3v) is 4.95. The number of benzene rings is 1. The first kappa shape index (κ1) is 22.3. The monoisotopic (exact) mass is 396 g/mol. The Morgan fingerprint density at radius 2 is 1.97 bits per heavy atom. The highest BCUT2D eigenvalue weighted by molar-refractivity contribution is 5.73. The highest BCUT2D eigenvalue weighted by Crippen LogP contribution is 2.18. The quantitative estimate of drug-likeness (QED) is 0.600. The second-order valence-corrected chi connectivity index (χ2v) is 7.30. The van der Waals surface area contributed by atoms with E-state index in [1.165, 1.54) is 0 Å². The molecule has 1 unspecified atom stereocenters. The summed E-state index contributed by atoms with van der Waals surface area (Å²) in [5, 5.41) is 15.3. The molecule has 1 aromatic rings. The maximum Gasteiger partial charge on any atom is 0.314 e. The van der Waals surface area contributed by atoms with Crippen molar-refractivity contribution < 1.29 is 9.90 Å². The number of amides is 2. The summed E-state index contributed by atoms with van der Waals surface area (Å²) in [7, 11) is 5.99. The second-order valence-electron chi connectivity index (χ2n) is 7.30. The maximum absolute atomic E-state index is 12.2. The van der Waals surface area contributed by atoms with E-state index in [0.717, 1.165) is 23.3 Å². The SMILES string of the molecule is C=C/C(CCNC(=O)NCC(Cc1ccc(O)cc1)N(C)C)=C1/C=CC=CN1C. The average Bonchev–Trinajstić information content (AvgIpc) is 2.70. The largest absolute Gasteiger partial charge is 0.508 e. The minimum absolute atomic E-state index is 0.156. The first-order valence-corrected chi connectivity index (χ1v) is 9.80. The van der Waals surface area contributed by atoms with Crippen LogP contribution in [-0.4, -0.2) is 61.2 Å². The molecular weight excluding hydrogens is 364 g/mol. The van der Waals surface area contributed by atoms with Gasteiger partial charge in [0.05, 0.1) is 0 Å². The Morgan fingerprint density at radius 1 is 1.24 bits per heavy atom. The molecule has 1 heterocycles. The van der Waals surface area contributed by atoms with Crippen LogP contribution in [0.5, 0.6) is 5.75 Å². The molecule has 156 valence electrons. The lowest BCUT2D eigenvalue weighted by atomic mass is 10.1. The number of aromatic hydroxyl groups is 1. The van der Waals surface area contributed by atoms with Crippen molar-refractivity contribution in [3.63, 3.8) is 0 Å². The van der Waals surface area contributed by atoms with E-state index in [1.807, 2.05) is 68.7 Å². The molecule has 1 aliphatic heterocycles. The molecule has 1 atom stereocenters. The van der Waals surface area contributed by atoms with Crippen molar-refractivity contribution in [3.05, 3.63) is 78.2 Å². The van der Waals surface area contributed by atoms with Crippen LogP contribution in [0.1, 0.15) is 12.0 Å². The van der Waals surface area contributed by atoms with Gasteiger partial charge < -0.3 is 25.5 Å². The minimum Gasteiger partial charge on any atom is -0.508 e. The molecule has 0 aliphatic carbocycles. The number of carbonyl (C=O) groups is 1. The maximum atomic E-state index is 12.2. The number of phenolic OH excluding ortho intramolecular Hbond substituents is 1. The molecule has 0 spiro atoms. The van der Waals surface area contributed by atoms with E-state index < -0.39 is 0 Å². The Hall–Kier alpha value is -2.99. The molecule has 1 aliphatic rings. The summed E-state index contributed by atoms with van der Waals surface area (Å²) in [6, 6.07) is 7.16. The number of nitrogens with zero attached hydrogens (tertiary/aromatic N) is 2. The van der Waals surface area contributed by atoms with Crippen LogP contribution in [0.3, 0.4) is 0 Å². The van der Waals surface area contributed by atoms with Gasteiger partial charge in [-0.25, -0.2) is 4.79 Å². The summed E-state index contributed by atoms with van der Waals surface area (Å²) in [6.45, 7) is 4.97. The molecule has 1 aromatic carbocycles. The molecule has 3 N–H and O–H groups in total. The Balaban J connectivity index is 1.80. The zero-order valence-electron chi connectivity index (χ0n) is 17.6. The number of phenols is 1. The molecule has 2 rings (SSSR count). The van der Waals surface area contributed by atoms with Gasteiger partial charge in [0.15, 0.2) is 0 Å². The van der Waals surface area contributed by atoms with Crippen molar-refractivity contribution in [2.45, 2.75) is 18.9 Å². The fourth-order valence-electron chi connectivity index (χ4n) is 3.12. The summed E-state index contributed by atoms with van der Waals surface area (Å²) >= 11 is 0. The van der Waals surface area contributed by atoms with Crippen LogP contribution in [0.15, 0.2) is 72.6 Å². The zero-order chi connectivity index (χ0) is 21.2. The Morgan fingerprint density at radius 3 is 2.59 bits per heavy atom. The normalized spacial score (nSPS) is 15.9. The Labute approximate surface area is 173 Å². The smallest absolute Gasteiger partial charge is 0.314 e. The van der Waals surface area contributed by atoms with Gasteiger partial charge in [0.25, 0.3) is 0 Å². The van der Waals surface area contributed by atoms with Gasteiger partial charge in [-0.3, -0.25) is 0 Å². The summed E-state index contributed by atoms with van der Waals surface area (Å²) in [6.07, 6.45) is 11.3. The number of carbonyl (C=O) groups excluding carboxylic acids is 1. The lowest BCUT2D eigenvalue weighted by Gasteiger charge is -2.25. The molecule has 2 amide bonds. The fraction of sp³-hybridized carbons (Fsp3) is 0.348. The van der Waals surface area contributed by atoms with Gasteiger partial charge in [-0.2, -0.15) is 0 Å². The van der Waals surface area contributed by atoms with Crippen LogP contribution < -0.4 is 10.6 Å². The third kappa shape index (κ3) is 7.16. The molecule has 0 radical (unpaired) electrons. The lowest BCUT2D eigenvalue weighted by Crippen LogP contribution is -2.45. The van der Waals surface area contributed by atoms with Crippen molar-refractivity contribution >= 4 is 6.03 Å². The predicted octanol–water partition coefficient (Wildman–Crippen LogP) is 3.01. The van der Waals surface area contributed by atoms with E-state index in [-0.39, 0.29) is 17.8 Å². The summed E-state index contributed by atoms with van der Waals surface area (Å²) in [5.41, 5.74) is 3.29. The summed E-state index contributed by atoms with van der Waals surface area (Å²) in [5.74, 6) is 0.257. The first-order chi connectivity index (χ1) is 13.9. The van der Waals surface area contributed by atoms with Gasteiger partial charge in [-0.1, -0.05) is 30.9 Å². The van der Waals surface area contributed by atoms with Crippen molar-refractivity contribution in [1.29, 1.82) is 0 Å². The fourth-order valence-corrected chi connectivity index (χ4v) is 3.12. The van der Waals surface area contributed by atoms with E-state index in [1.54, 1.807) is 12.1 Å². The van der Waals surface area contributed by atoms with Gasteiger partial charge in [-0.05, 0) is 62.4 Å². The average molecular weight is 397 g/mol. The number of hydrogen-bond acceptors (Lipinski definition) is 4. The summed E-state index contributed by atoms with van der Waals surface area (Å²) < 4.78 is 0. The van der Waals surface area contributed by atoms with E-state index in [4.69, 9.17) is 0 Å². The number of hydrogen-bond donors (Lipinski definition) is 3. The molecule has 0 saturated heterocycles. The molecule has 0 saturated carbocycles. The van der Waals surface area contributed by atoms with Gasteiger partial charge in [0.2, 0.25) is 0 Å². The van der Waals surface area contributed by atoms with E-state index >= 15 is 0 Å². The lowest BCUT2D eigenvalue weighted by molar-refractivity contribution is 0.232. The molecule has 6 nitrogen and oxygen atoms in total. The number of rotatable bonds is 9. The molecule has 6 heteroatoms. The Bertz CT molecular complexity index is 779. The van der Waals surface area contributed by atoms with E-state index in [2.05, 4.69) is 22.1 Å². The number of likely N-dealkylation sites (N-methyl/N-ethyl adjacent to an activating group) is 2. The third-order valence-electron chi connectivity index (χ3n) is 4.95. The van der Waals surface area contributed by atoms with E-state index in [0.29, 0.717) is 19.5 Å². The number of urea groups is 1. The van der Waals surface area contributed by atoms with Crippen molar-refractivity contribution in [1.82, 2.24) is 20.4 Å². The Kier molecular flexibility index (Phi) is 8.55. The van der Waals surface area contributed by atoms with Crippen LogP contribution >= 0.6 is 0 Å². The molecule has 0 bridgehead atoms. The molecule has 0 fully saturated rings. The van der Waals surface area contributed by atoms with Crippen molar-refractivity contribution in [2.75, 3.05) is 34.2 Å². The highest BCUT2D eigenvalue weighted by Gasteiger charge is 2.14. The molecule has 29 heavy (non-hydrogen) atoms. The zero-order valence-corrected chi connectivity index (χ0v) is 17.6. The van der Waals surface area contributed by atoms with Crippen molar-refractivity contribution in [2.24, 2.45) is 0 Å². The predicted molar refractivity (Wildman–Crippen MR) is 119 cm³/mol. The minimum atomic E-state index is -0.177. The molecule has 0 aromatic heterocycles. The van der Waals surface area contributed by atoms with Gasteiger partial charge >= 0.3 is 6.03 Å². The number of nitrogens with one attached hydrogen (secondary N) is 2. The highest BCUT2D eigenvalue weighted by atomic mass is 16.3. The van der Waals surface area contributed by atoms with Gasteiger partial charge in [0.1, 0.15) is 5.75 Å². The first-order valence-electron chi connectivity index (χ1n) is 9.80. The van der Waals surface area contributed by atoms with Crippen molar-refractivity contribution in [3.8, 4) is 5.75 Å². The van der Waals surface area contributed by atoms with Crippen LogP contribution in [-0.2, 0) is 6.42 Å². The van der Waals surface area contributed by atoms with Crippen LogP contribution in [0.25, 0.3) is 0 Å². The van der Waals surface area contributed by atoms with Gasteiger partial charge in [-0.15, -0.1) is 0 Å². The standard InChI is InChI=1S/C23H32N4O2/c1-5-19(22-8-6-7-15-27(22)4)13-14-24-23(29)25-17-20(26(2)3)16-18-9-11-21(28)12-10-18/h5-12,15,20,28H,1,13-14,16-17H2,2-4H3,(H2,24,25,29)/b22-19+. The molecular formula is C23H32N4O2. The van der Waals surface area contributed by atoms with Crippen LogP contribution in [0.4, 0.5) is 4.79 Å². The van der Waals surface area contributed by atoms with Gasteiger partial charge in [0, 0.05) is 38.1 Å². The number of allylic oxidation sites excluding steroid dienone is 4. The topological polar surface area (TPSA) is 67.8 Å². The van der Waals surface area contributed by atoms with E-state index in [9.17, 15) is 9.90 Å². The van der Waals surface area contributed by atoms with Crippen LogP contribution in [0, 0.1) is 0 Å². The second kappa shape index (κ2) is 11.1.